The summed E-state index contributed by atoms with van der Waals surface area (Å²) in [4.78, 5) is 42.3. The van der Waals surface area contributed by atoms with E-state index in [1.807, 2.05) is 0 Å². The number of hydrogen-bond acceptors (Lipinski definition) is 8. The molecule has 6 rings (SSSR count). The van der Waals surface area contributed by atoms with Crippen molar-refractivity contribution in [1.29, 1.82) is 0 Å². The van der Waals surface area contributed by atoms with Crippen LogP contribution in [-0.2, 0) is 19.9 Å². The van der Waals surface area contributed by atoms with Crippen molar-refractivity contribution < 1.29 is 27.8 Å². The van der Waals surface area contributed by atoms with Gasteiger partial charge in [0, 0.05) is 54.5 Å². The largest absolute Gasteiger partial charge is 0.456 e. The number of ether oxygens (including phenoxy) is 2. The Morgan fingerprint density at radius 2 is 1.93 bits per heavy atom. The molecule has 1 amide bonds. The van der Waals surface area contributed by atoms with Crippen molar-refractivity contribution in [3.05, 3.63) is 84.3 Å². The Hall–Kier alpha value is -4.97. The van der Waals surface area contributed by atoms with Crippen LogP contribution >= 0.6 is 11.6 Å². The summed E-state index contributed by atoms with van der Waals surface area (Å²) in [6, 6.07) is 9.53. The van der Waals surface area contributed by atoms with Gasteiger partial charge in [-0.1, -0.05) is 17.7 Å². The minimum atomic E-state index is -1.58. The highest BCUT2D eigenvalue weighted by molar-refractivity contribution is 6.33. The number of likely N-dealkylation sites (tertiary alicyclic amines) is 1. The lowest BCUT2D eigenvalue weighted by atomic mass is 9.84. The zero-order valence-electron chi connectivity index (χ0n) is 24.3. The van der Waals surface area contributed by atoms with Crippen LogP contribution in [0.2, 0.25) is 5.02 Å². The number of imidazole rings is 1. The molecule has 0 spiro atoms. The van der Waals surface area contributed by atoms with E-state index < -0.39 is 36.0 Å². The first kappa shape index (κ1) is 30.1. The molecule has 1 aliphatic rings. The minimum Gasteiger partial charge on any atom is -0.456 e. The summed E-state index contributed by atoms with van der Waals surface area (Å²) in [6.07, 6.45) is 4.72. The quantitative estimate of drug-likeness (QED) is 0.160. The summed E-state index contributed by atoms with van der Waals surface area (Å²) in [5.41, 5.74) is 0.681. The number of alkyl halides is 1. The van der Waals surface area contributed by atoms with E-state index in [0.29, 0.717) is 39.1 Å². The van der Waals surface area contributed by atoms with Crippen molar-refractivity contribution in [3.8, 4) is 22.9 Å². The van der Waals surface area contributed by atoms with Crippen LogP contribution in [0.5, 0.6) is 11.8 Å². The number of aryl methyl sites for hydroxylation is 1. The Bertz CT molecular complexity index is 1970. The summed E-state index contributed by atoms with van der Waals surface area (Å²) in [5, 5.41) is 0.754. The number of aromatic nitrogens is 5. The summed E-state index contributed by atoms with van der Waals surface area (Å²) >= 11 is 6.63. The zero-order valence-corrected chi connectivity index (χ0v) is 25.1. The van der Waals surface area contributed by atoms with Gasteiger partial charge in [-0.05, 0) is 37.6 Å². The molecule has 230 valence electrons. The number of pyridine rings is 1. The number of esters is 1. The number of fused-ring (bicyclic) bond motifs is 3. The maximum atomic E-state index is 16.3. The van der Waals surface area contributed by atoms with Gasteiger partial charge in [0.25, 0.3) is 5.91 Å². The minimum absolute atomic E-state index is 0.136. The standard InChI is InChI=1S/C32H27ClF2N6O4/c1-4-32(8-11-40(16-28(32)35)29(43)17-44-19(3)42)41-18(2)39-27-15-38-26-14-25(34)22(13-23(26)30(27)41)21-7-6-20(12-24(21)33)45-31-36-9-5-10-37-31/h4-7,9-10,12-15,28H,1,8,11,16-17H2,2-3H3/t28-,32+/m0/s1. The van der Waals surface area contributed by atoms with Crippen molar-refractivity contribution in [2.24, 2.45) is 0 Å². The Morgan fingerprint density at radius 3 is 2.62 bits per heavy atom. The smallest absolute Gasteiger partial charge is 0.321 e. The van der Waals surface area contributed by atoms with Gasteiger partial charge in [0.2, 0.25) is 0 Å². The van der Waals surface area contributed by atoms with Crippen LogP contribution in [0.25, 0.3) is 33.1 Å². The number of benzene rings is 2. The van der Waals surface area contributed by atoms with Gasteiger partial charge in [0.15, 0.2) is 6.61 Å². The molecular weight excluding hydrogens is 606 g/mol. The maximum Gasteiger partial charge on any atom is 0.321 e. The fraction of sp³-hybridized carbons (Fsp3) is 0.250. The number of rotatable bonds is 7. The van der Waals surface area contributed by atoms with Crippen LogP contribution < -0.4 is 4.74 Å². The van der Waals surface area contributed by atoms with E-state index in [0.717, 1.165) is 0 Å². The van der Waals surface area contributed by atoms with E-state index in [-0.39, 0.29) is 36.1 Å². The van der Waals surface area contributed by atoms with Crippen molar-refractivity contribution in [2.75, 3.05) is 19.7 Å². The molecule has 0 radical (unpaired) electrons. The van der Waals surface area contributed by atoms with Crippen LogP contribution in [0, 0.1) is 12.7 Å². The average molecular weight is 633 g/mol. The van der Waals surface area contributed by atoms with Crippen LogP contribution in [-0.4, -0.2) is 67.1 Å². The molecule has 2 atom stereocenters. The van der Waals surface area contributed by atoms with Crippen molar-refractivity contribution in [1.82, 2.24) is 29.4 Å². The molecule has 1 fully saturated rings. The average Bonchev–Trinajstić information content (AvgIpc) is 3.37. The molecule has 0 N–H and O–H groups in total. The second-order valence-electron chi connectivity index (χ2n) is 10.6. The molecule has 0 bridgehead atoms. The molecule has 4 heterocycles. The number of carbonyl (C=O) groups excluding carboxylic acids is 2. The van der Waals surface area contributed by atoms with Crippen molar-refractivity contribution in [3.63, 3.8) is 0 Å². The summed E-state index contributed by atoms with van der Waals surface area (Å²) in [7, 11) is 0. The molecule has 10 nitrogen and oxygen atoms in total. The summed E-state index contributed by atoms with van der Waals surface area (Å²) < 4.78 is 44.2. The van der Waals surface area contributed by atoms with Crippen LogP contribution in [0.15, 0.2) is 67.6 Å². The summed E-state index contributed by atoms with van der Waals surface area (Å²) in [6.45, 7) is 6.40. The molecule has 0 aliphatic carbocycles. The topological polar surface area (TPSA) is 112 Å². The molecule has 1 saturated heterocycles. The van der Waals surface area contributed by atoms with E-state index in [1.54, 1.807) is 54.2 Å². The number of carbonyl (C=O) groups is 2. The number of hydrogen-bond donors (Lipinski definition) is 0. The molecule has 5 aromatic rings. The van der Waals surface area contributed by atoms with Crippen molar-refractivity contribution in [2.45, 2.75) is 32.0 Å². The van der Waals surface area contributed by atoms with Crippen molar-refractivity contribution >= 4 is 45.4 Å². The normalized spacial score (nSPS) is 18.2. The maximum absolute atomic E-state index is 16.3. The Kier molecular flexibility index (Phi) is 7.92. The molecule has 2 aromatic carbocycles. The van der Waals surface area contributed by atoms with Gasteiger partial charge >= 0.3 is 12.0 Å². The molecular formula is C32H27ClF2N6O4. The fourth-order valence-electron chi connectivity index (χ4n) is 5.80. The number of amides is 1. The van der Waals surface area contributed by atoms with Crippen LogP contribution in [0.1, 0.15) is 19.2 Å². The fourth-order valence-corrected chi connectivity index (χ4v) is 6.07. The Labute approximate surface area is 261 Å². The lowest BCUT2D eigenvalue weighted by molar-refractivity contribution is -0.152. The SMILES string of the molecule is C=C[C@@]1(n2c(C)nc3cnc4cc(F)c(-c5ccc(Oc6ncccn6)cc5Cl)cc4c32)CCN(C(=O)COC(C)=O)C[C@@H]1F. The molecule has 1 aliphatic heterocycles. The van der Waals surface area contributed by atoms with Crippen LogP contribution in [0.4, 0.5) is 8.78 Å². The molecule has 13 heteroatoms. The van der Waals surface area contributed by atoms with Gasteiger partial charge in [-0.15, -0.1) is 6.58 Å². The molecule has 45 heavy (non-hydrogen) atoms. The zero-order chi connectivity index (χ0) is 31.9. The van der Waals surface area contributed by atoms with Gasteiger partial charge in [0.1, 0.15) is 29.1 Å². The molecule has 0 unspecified atom stereocenters. The van der Waals surface area contributed by atoms with E-state index in [9.17, 15) is 9.59 Å². The highest BCUT2D eigenvalue weighted by Gasteiger charge is 2.46. The highest BCUT2D eigenvalue weighted by atomic mass is 35.5. The molecule has 3 aromatic heterocycles. The van der Waals surface area contributed by atoms with E-state index in [1.165, 1.54) is 30.2 Å². The van der Waals surface area contributed by atoms with Gasteiger partial charge in [-0.2, -0.15) is 0 Å². The van der Waals surface area contributed by atoms with E-state index in [4.69, 9.17) is 21.1 Å². The second-order valence-corrected chi connectivity index (χ2v) is 11.1. The predicted molar refractivity (Wildman–Crippen MR) is 163 cm³/mol. The first-order valence-corrected chi connectivity index (χ1v) is 14.4. The second kappa shape index (κ2) is 11.8. The lowest BCUT2D eigenvalue weighted by Gasteiger charge is -2.44. The van der Waals surface area contributed by atoms with Gasteiger partial charge in [0.05, 0.1) is 34.3 Å². The number of allylic oxidation sites excluding steroid dienone is 1. The van der Waals surface area contributed by atoms with Gasteiger partial charge in [-0.3, -0.25) is 14.6 Å². The number of nitrogens with zero attached hydrogens (tertiary/aromatic N) is 6. The molecule has 0 saturated carbocycles. The third kappa shape index (κ3) is 5.46. The van der Waals surface area contributed by atoms with Gasteiger partial charge < -0.3 is 18.9 Å². The van der Waals surface area contributed by atoms with E-state index in [2.05, 4.69) is 26.5 Å². The third-order valence-corrected chi connectivity index (χ3v) is 8.26. The predicted octanol–water partition coefficient (Wildman–Crippen LogP) is 5.95. The Morgan fingerprint density at radius 1 is 1.16 bits per heavy atom. The highest BCUT2D eigenvalue weighted by Crippen LogP contribution is 2.41. The van der Waals surface area contributed by atoms with E-state index >= 15 is 8.78 Å². The number of halogens is 3. The monoisotopic (exact) mass is 632 g/mol. The first-order valence-electron chi connectivity index (χ1n) is 14.0. The number of piperidine rings is 1. The summed E-state index contributed by atoms with van der Waals surface area (Å²) in [5.74, 6) is -0.775. The first-order chi connectivity index (χ1) is 21.6. The van der Waals surface area contributed by atoms with Crippen LogP contribution in [0.3, 0.4) is 0 Å². The third-order valence-electron chi connectivity index (χ3n) is 7.95. The lowest BCUT2D eigenvalue weighted by Crippen LogP contribution is -2.56. The Balaban J connectivity index is 1.42. The van der Waals surface area contributed by atoms with Gasteiger partial charge in [-0.25, -0.2) is 23.7 Å².